The fourth-order valence-electron chi connectivity index (χ4n) is 2.42. The highest BCUT2D eigenvalue weighted by Crippen LogP contribution is 2.28. The van der Waals surface area contributed by atoms with Gasteiger partial charge in [0.1, 0.15) is 5.75 Å². The van der Waals surface area contributed by atoms with E-state index in [1.165, 1.54) is 6.42 Å². The predicted molar refractivity (Wildman–Crippen MR) is 79.8 cm³/mol. The van der Waals surface area contributed by atoms with Crippen LogP contribution in [0.2, 0.25) is 0 Å². The number of anilines is 1. The van der Waals surface area contributed by atoms with E-state index in [1.807, 2.05) is 11.8 Å². The van der Waals surface area contributed by atoms with Gasteiger partial charge in [0.15, 0.2) is 0 Å². The number of ether oxygens (including phenoxy) is 1. The van der Waals surface area contributed by atoms with E-state index in [0.29, 0.717) is 22.3 Å². The molecule has 1 aromatic rings. The molecule has 5 heteroatoms. The fraction of sp³-hybridized carbons (Fsp3) is 0.500. The number of hydrogen-bond acceptors (Lipinski definition) is 4. The summed E-state index contributed by atoms with van der Waals surface area (Å²) in [6.45, 7) is 0. The molecule has 2 atom stereocenters. The molecule has 0 bridgehead atoms. The summed E-state index contributed by atoms with van der Waals surface area (Å²) in [5.41, 5.74) is 6.86. The third-order valence-electron chi connectivity index (χ3n) is 3.56. The summed E-state index contributed by atoms with van der Waals surface area (Å²) in [4.78, 5) is 12.2. The average Bonchev–Trinajstić information content (AvgIpc) is 2.86. The van der Waals surface area contributed by atoms with E-state index in [2.05, 4.69) is 11.6 Å². The summed E-state index contributed by atoms with van der Waals surface area (Å²) in [5.74, 6) is 0.573. The van der Waals surface area contributed by atoms with Crippen molar-refractivity contribution in [3.05, 3.63) is 23.8 Å². The summed E-state index contributed by atoms with van der Waals surface area (Å²) >= 11 is 1.87. The van der Waals surface area contributed by atoms with Crippen LogP contribution >= 0.6 is 11.8 Å². The molecule has 1 saturated carbocycles. The van der Waals surface area contributed by atoms with Crippen molar-refractivity contribution in [3.8, 4) is 5.75 Å². The highest BCUT2D eigenvalue weighted by atomic mass is 32.2. The van der Waals surface area contributed by atoms with Crippen molar-refractivity contribution in [2.24, 2.45) is 0 Å². The first-order valence-electron chi connectivity index (χ1n) is 6.41. The van der Waals surface area contributed by atoms with Gasteiger partial charge in [0.2, 0.25) is 0 Å². The molecule has 0 heterocycles. The number of methoxy groups -OCH3 is 1. The Morgan fingerprint density at radius 2 is 2.26 bits per heavy atom. The molecular formula is C14H20N2O2S. The number of rotatable bonds is 4. The molecule has 0 aliphatic heterocycles. The smallest absolute Gasteiger partial charge is 0.253 e. The standard InChI is InChI=1S/C14H20N2O2S/c1-18-10-4-6-12(13(15)8-10)14(17)16-9-3-5-11(7-9)19-2/h4,6,8-9,11H,3,5,7,15H2,1-2H3,(H,16,17). The normalized spacial score (nSPS) is 22.2. The van der Waals surface area contributed by atoms with Crippen LogP contribution < -0.4 is 15.8 Å². The van der Waals surface area contributed by atoms with Crippen LogP contribution in [0.25, 0.3) is 0 Å². The summed E-state index contributed by atoms with van der Waals surface area (Å²) < 4.78 is 5.08. The van der Waals surface area contributed by atoms with Gasteiger partial charge in [-0.15, -0.1) is 0 Å². The predicted octanol–water partition coefficient (Wildman–Crippen LogP) is 2.29. The van der Waals surface area contributed by atoms with Gasteiger partial charge in [0.05, 0.1) is 12.7 Å². The van der Waals surface area contributed by atoms with Crippen LogP contribution in [0.5, 0.6) is 5.75 Å². The Morgan fingerprint density at radius 1 is 1.47 bits per heavy atom. The number of carbonyl (C=O) groups excluding carboxylic acids is 1. The van der Waals surface area contributed by atoms with Crippen molar-refractivity contribution in [3.63, 3.8) is 0 Å². The first-order valence-corrected chi connectivity index (χ1v) is 7.70. The first-order chi connectivity index (χ1) is 9.13. The Labute approximate surface area is 118 Å². The van der Waals surface area contributed by atoms with Crippen LogP contribution in [-0.4, -0.2) is 30.6 Å². The molecule has 1 fully saturated rings. The third-order valence-corrected chi connectivity index (χ3v) is 4.65. The van der Waals surface area contributed by atoms with Crippen LogP contribution in [0.3, 0.4) is 0 Å². The molecule has 1 aliphatic carbocycles. The third kappa shape index (κ3) is 3.35. The zero-order valence-electron chi connectivity index (χ0n) is 11.3. The second kappa shape index (κ2) is 6.19. The molecule has 2 rings (SSSR count). The highest BCUT2D eigenvalue weighted by Gasteiger charge is 2.25. The molecule has 1 aliphatic rings. The monoisotopic (exact) mass is 280 g/mol. The van der Waals surface area contributed by atoms with E-state index in [0.717, 1.165) is 12.8 Å². The first kappa shape index (κ1) is 14.1. The average molecular weight is 280 g/mol. The molecule has 1 aromatic carbocycles. The molecule has 104 valence electrons. The topological polar surface area (TPSA) is 64.3 Å². The zero-order valence-corrected chi connectivity index (χ0v) is 12.1. The van der Waals surface area contributed by atoms with Crippen molar-refractivity contribution in [2.75, 3.05) is 19.1 Å². The summed E-state index contributed by atoms with van der Waals surface area (Å²) in [6.07, 6.45) is 5.39. The summed E-state index contributed by atoms with van der Waals surface area (Å²) in [7, 11) is 1.58. The van der Waals surface area contributed by atoms with Crippen molar-refractivity contribution < 1.29 is 9.53 Å². The SMILES string of the molecule is COc1ccc(C(=O)NC2CCC(SC)C2)c(N)c1. The van der Waals surface area contributed by atoms with E-state index in [-0.39, 0.29) is 11.9 Å². The molecular weight excluding hydrogens is 260 g/mol. The van der Waals surface area contributed by atoms with Crippen molar-refractivity contribution in [1.29, 1.82) is 0 Å². The molecule has 0 radical (unpaired) electrons. The van der Waals surface area contributed by atoms with Gasteiger partial charge >= 0.3 is 0 Å². The van der Waals surface area contributed by atoms with Gasteiger partial charge in [-0.3, -0.25) is 4.79 Å². The van der Waals surface area contributed by atoms with Gasteiger partial charge in [0, 0.05) is 23.0 Å². The Hall–Kier alpha value is -1.36. The second-order valence-electron chi connectivity index (χ2n) is 4.79. The van der Waals surface area contributed by atoms with E-state index in [9.17, 15) is 4.79 Å². The molecule has 2 unspecified atom stereocenters. The number of amides is 1. The number of hydrogen-bond donors (Lipinski definition) is 2. The van der Waals surface area contributed by atoms with Gasteiger partial charge in [-0.1, -0.05) is 0 Å². The Balaban J connectivity index is 2.00. The number of nitrogen functional groups attached to an aromatic ring is 1. The van der Waals surface area contributed by atoms with Crippen LogP contribution in [0.4, 0.5) is 5.69 Å². The number of thioether (sulfide) groups is 1. The molecule has 1 amide bonds. The van der Waals surface area contributed by atoms with Gasteiger partial charge in [-0.25, -0.2) is 0 Å². The van der Waals surface area contributed by atoms with Gasteiger partial charge < -0.3 is 15.8 Å². The van der Waals surface area contributed by atoms with Crippen molar-refractivity contribution in [2.45, 2.75) is 30.6 Å². The van der Waals surface area contributed by atoms with Gasteiger partial charge in [0.25, 0.3) is 5.91 Å². The molecule has 19 heavy (non-hydrogen) atoms. The Bertz CT molecular complexity index is 465. The van der Waals surface area contributed by atoms with Crippen LogP contribution in [0.15, 0.2) is 18.2 Å². The number of benzene rings is 1. The number of nitrogens with two attached hydrogens (primary N) is 1. The van der Waals surface area contributed by atoms with Crippen molar-refractivity contribution >= 4 is 23.4 Å². The lowest BCUT2D eigenvalue weighted by atomic mass is 10.1. The zero-order chi connectivity index (χ0) is 13.8. The van der Waals surface area contributed by atoms with E-state index < -0.39 is 0 Å². The number of nitrogens with one attached hydrogen (secondary N) is 1. The van der Waals surface area contributed by atoms with Gasteiger partial charge in [-0.05, 0) is 37.7 Å². The van der Waals surface area contributed by atoms with Crippen LogP contribution in [0, 0.1) is 0 Å². The summed E-state index contributed by atoms with van der Waals surface area (Å²) in [5, 5.41) is 3.73. The molecule has 0 aromatic heterocycles. The maximum Gasteiger partial charge on any atom is 0.253 e. The maximum absolute atomic E-state index is 12.2. The van der Waals surface area contributed by atoms with Crippen LogP contribution in [0.1, 0.15) is 29.6 Å². The largest absolute Gasteiger partial charge is 0.497 e. The molecule has 0 saturated heterocycles. The second-order valence-corrected chi connectivity index (χ2v) is 5.93. The molecule has 3 N–H and O–H groups in total. The molecule has 0 spiro atoms. The number of carbonyl (C=O) groups is 1. The van der Waals surface area contributed by atoms with E-state index >= 15 is 0 Å². The quantitative estimate of drug-likeness (QED) is 0.831. The minimum atomic E-state index is -0.0908. The Morgan fingerprint density at radius 3 is 2.84 bits per heavy atom. The summed E-state index contributed by atoms with van der Waals surface area (Å²) in [6, 6.07) is 5.41. The van der Waals surface area contributed by atoms with E-state index in [1.54, 1.807) is 25.3 Å². The minimum absolute atomic E-state index is 0.0908. The van der Waals surface area contributed by atoms with E-state index in [4.69, 9.17) is 10.5 Å². The lowest BCUT2D eigenvalue weighted by Crippen LogP contribution is -2.33. The van der Waals surface area contributed by atoms with Gasteiger partial charge in [-0.2, -0.15) is 11.8 Å². The molecule has 4 nitrogen and oxygen atoms in total. The highest BCUT2D eigenvalue weighted by molar-refractivity contribution is 7.99. The Kier molecular flexibility index (Phi) is 4.58. The van der Waals surface area contributed by atoms with Crippen molar-refractivity contribution in [1.82, 2.24) is 5.32 Å². The maximum atomic E-state index is 12.2. The van der Waals surface area contributed by atoms with Crippen LogP contribution in [-0.2, 0) is 0 Å². The lowest BCUT2D eigenvalue weighted by Gasteiger charge is -2.14. The minimum Gasteiger partial charge on any atom is -0.497 e. The fourth-order valence-corrected chi connectivity index (χ4v) is 3.22. The lowest BCUT2D eigenvalue weighted by molar-refractivity contribution is 0.0939.